The molecular formula is C44H27N5S. The van der Waals surface area contributed by atoms with Crippen molar-refractivity contribution in [1.82, 2.24) is 19.9 Å². The van der Waals surface area contributed by atoms with Gasteiger partial charge in [0.15, 0.2) is 0 Å². The molecule has 0 unspecified atom stereocenters. The molecule has 0 fully saturated rings. The molecule has 0 aliphatic carbocycles. The second kappa shape index (κ2) is 11.6. The fraction of sp³-hybridized carbons (Fsp3) is 0. The maximum atomic E-state index is 5.49. The van der Waals surface area contributed by atoms with Crippen molar-refractivity contribution in [2.45, 2.75) is 0 Å². The fourth-order valence-corrected chi connectivity index (χ4v) is 8.26. The van der Waals surface area contributed by atoms with Crippen molar-refractivity contribution < 1.29 is 0 Å². The third-order valence-corrected chi connectivity index (χ3v) is 10.5. The number of nitrogens with zero attached hydrogens (tertiary/aromatic N) is 5. The molecule has 0 aliphatic heterocycles. The number of rotatable bonds is 5. The lowest BCUT2D eigenvalue weighted by atomic mass is 9.96. The third-order valence-electron chi connectivity index (χ3n) is 9.27. The Morgan fingerprint density at radius 1 is 0.440 bits per heavy atom. The summed E-state index contributed by atoms with van der Waals surface area (Å²) in [5, 5.41) is 6.83. The minimum absolute atomic E-state index is 0.500. The minimum Gasteiger partial charge on any atom is -0.247 e. The standard InChI is InChI=1S/C44H27N5S/c1-3-15-28(16-4-1)40-32-21-9-12-24-36(32)45-43(47-40)49(30-18-5-2-6-19-30)44-46-37-25-13-10-22-33(37)41(48-44)35-27-29-17-7-8-20-31(29)42-39(35)34-23-11-14-26-38(34)50-42/h1-27H. The van der Waals surface area contributed by atoms with Gasteiger partial charge in [-0.1, -0.05) is 127 Å². The van der Waals surface area contributed by atoms with E-state index in [2.05, 4.69) is 103 Å². The molecule has 0 spiro atoms. The van der Waals surface area contributed by atoms with Gasteiger partial charge in [-0.3, -0.25) is 0 Å². The predicted molar refractivity (Wildman–Crippen MR) is 209 cm³/mol. The molecule has 0 N–H and O–H groups in total. The first-order valence-corrected chi connectivity index (χ1v) is 17.4. The van der Waals surface area contributed by atoms with Crippen LogP contribution in [0, 0.1) is 0 Å². The Morgan fingerprint density at radius 3 is 1.70 bits per heavy atom. The Kier molecular flexibility index (Phi) is 6.60. The Morgan fingerprint density at radius 2 is 0.980 bits per heavy atom. The van der Waals surface area contributed by atoms with Crippen LogP contribution < -0.4 is 4.90 Å². The highest BCUT2D eigenvalue weighted by atomic mass is 32.1. The predicted octanol–water partition coefficient (Wildman–Crippen LogP) is 11.9. The molecule has 0 saturated heterocycles. The van der Waals surface area contributed by atoms with E-state index in [1.807, 2.05) is 76.9 Å². The summed E-state index contributed by atoms with van der Waals surface area (Å²) >= 11 is 1.84. The molecule has 0 saturated carbocycles. The van der Waals surface area contributed by atoms with Gasteiger partial charge in [0.1, 0.15) is 0 Å². The first-order chi connectivity index (χ1) is 24.8. The zero-order chi connectivity index (χ0) is 33.0. The number of aromatic nitrogens is 4. The maximum absolute atomic E-state index is 5.49. The summed E-state index contributed by atoms with van der Waals surface area (Å²) in [7, 11) is 0. The lowest BCUT2D eigenvalue weighted by Gasteiger charge is -2.23. The molecule has 0 atom stereocenters. The molecule has 0 radical (unpaired) electrons. The monoisotopic (exact) mass is 657 g/mol. The molecule has 0 bridgehead atoms. The molecular weight excluding hydrogens is 631 g/mol. The number of hydrogen-bond acceptors (Lipinski definition) is 6. The van der Waals surface area contributed by atoms with Crippen molar-refractivity contribution in [2.75, 3.05) is 4.90 Å². The van der Waals surface area contributed by atoms with Gasteiger partial charge in [-0.05, 0) is 47.2 Å². The van der Waals surface area contributed by atoms with E-state index < -0.39 is 0 Å². The number of anilines is 3. The summed E-state index contributed by atoms with van der Waals surface area (Å²) in [5.74, 6) is 1.000. The highest BCUT2D eigenvalue weighted by Crippen LogP contribution is 2.46. The van der Waals surface area contributed by atoms with E-state index in [0.29, 0.717) is 11.9 Å². The van der Waals surface area contributed by atoms with E-state index in [-0.39, 0.29) is 0 Å². The van der Waals surface area contributed by atoms with Gasteiger partial charge in [0.25, 0.3) is 0 Å². The van der Waals surface area contributed by atoms with Crippen LogP contribution in [0.2, 0.25) is 0 Å². The fourth-order valence-electron chi connectivity index (χ4n) is 6.99. The molecule has 3 heterocycles. The molecule has 6 heteroatoms. The van der Waals surface area contributed by atoms with Gasteiger partial charge in [-0.15, -0.1) is 11.3 Å². The summed E-state index contributed by atoms with van der Waals surface area (Å²) in [5.41, 5.74) is 6.38. The first-order valence-electron chi connectivity index (χ1n) is 16.6. The van der Waals surface area contributed by atoms with E-state index in [0.717, 1.165) is 50.0 Å². The van der Waals surface area contributed by atoms with Crippen LogP contribution in [0.3, 0.4) is 0 Å². The van der Waals surface area contributed by atoms with Crippen LogP contribution in [0.15, 0.2) is 164 Å². The third kappa shape index (κ3) is 4.61. The summed E-state index contributed by atoms with van der Waals surface area (Å²) in [4.78, 5) is 23.1. The second-order valence-electron chi connectivity index (χ2n) is 12.3. The second-order valence-corrected chi connectivity index (χ2v) is 13.3. The summed E-state index contributed by atoms with van der Waals surface area (Å²) in [6.07, 6.45) is 0. The minimum atomic E-state index is 0.500. The van der Waals surface area contributed by atoms with Crippen LogP contribution in [-0.2, 0) is 0 Å². The largest absolute Gasteiger partial charge is 0.247 e. The van der Waals surface area contributed by atoms with Crippen LogP contribution in [0.1, 0.15) is 0 Å². The zero-order valence-electron chi connectivity index (χ0n) is 26.7. The average Bonchev–Trinajstić information content (AvgIpc) is 3.58. The molecule has 7 aromatic carbocycles. The van der Waals surface area contributed by atoms with Crippen molar-refractivity contribution in [3.63, 3.8) is 0 Å². The number of para-hydroxylation sites is 3. The van der Waals surface area contributed by atoms with Gasteiger partial charge in [-0.25, -0.2) is 24.8 Å². The van der Waals surface area contributed by atoms with Gasteiger partial charge in [0, 0.05) is 42.1 Å². The van der Waals surface area contributed by atoms with Gasteiger partial charge in [-0.2, -0.15) is 0 Å². The van der Waals surface area contributed by atoms with Crippen LogP contribution in [0.25, 0.3) is 75.3 Å². The zero-order valence-corrected chi connectivity index (χ0v) is 27.5. The van der Waals surface area contributed by atoms with E-state index in [9.17, 15) is 0 Å². The number of fused-ring (bicyclic) bond motifs is 7. The van der Waals surface area contributed by atoms with E-state index in [4.69, 9.17) is 19.9 Å². The van der Waals surface area contributed by atoms with Crippen LogP contribution in [-0.4, -0.2) is 19.9 Å². The van der Waals surface area contributed by atoms with E-state index in [1.54, 1.807) is 0 Å². The Labute approximate surface area is 291 Å². The SMILES string of the molecule is c1ccc(-c2nc(N(c3ccccc3)c3nc(-c4cc5ccccc5c5sc6ccccc6c45)c4ccccc4n3)nc3ccccc23)cc1. The normalized spacial score (nSPS) is 11.6. The molecule has 0 amide bonds. The summed E-state index contributed by atoms with van der Waals surface area (Å²) in [6.45, 7) is 0. The Hall–Kier alpha value is -6.50. The summed E-state index contributed by atoms with van der Waals surface area (Å²) < 4.78 is 2.51. The lowest BCUT2D eigenvalue weighted by Crippen LogP contribution is -2.17. The van der Waals surface area contributed by atoms with Crippen LogP contribution >= 0.6 is 11.3 Å². The van der Waals surface area contributed by atoms with Crippen LogP contribution in [0.4, 0.5) is 17.6 Å². The number of benzene rings is 7. The van der Waals surface area contributed by atoms with E-state index in [1.165, 1.54) is 30.9 Å². The topological polar surface area (TPSA) is 54.8 Å². The van der Waals surface area contributed by atoms with Gasteiger partial charge in [0.2, 0.25) is 11.9 Å². The summed E-state index contributed by atoms with van der Waals surface area (Å²) in [6, 6.07) is 56.5. The van der Waals surface area contributed by atoms with Crippen molar-refractivity contribution in [3.05, 3.63) is 164 Å². The lowest BCUT2D eigenvalue weighted by molar-refractivity contribution is 1.04. The Balaban J connectivity index is 1.30. The van der Waals surface area contributed by atoms with Gasteiger partial charge < -0.3 is 0 Å². The molecule has 3 aromatic heterocycles. The van der Waals surface area contributed by atoms with Crippen LogP contribution in [0.5, 0.6) is 0 Å². The van der Waals surface area contributed by atoms with Crippen molar-refractivity contribution in [3.8, 4) is 22.5 Å². The van der Waals surface area contributed by atoms with Gasteiger partial charge >= 0.3 is 0 Å². The number of thiophene rings is 1. The molecule has 234 valence electrons. The van der Waals surface area contributed by atoms with E-state index >= 15 is 0 Å². The molecule has 10 aromatic rings. The van der Waals surface area contributed by atoms with Gasteiger partial charge in [0.05, 0.1) is 28.1 Å². The Bertz CT molecular complexity index is 2890. The first kappa shape index (κ1) is 28.5. The smallest absolute Gasteiger partial charge is 0.238 e. The quantitative estimate of drug-likeness (QED) is 0.184. The molecule has 10 rings (SSSR count). The number of hydrogen-bond donors (Lipinski definition) is 0. The van der Waals surface area contributed by atoms with Crippen molar-refractivity contribution in [2.24, 2.45) is 0 Å². The molecule has 5 nitrogen and oxygen atoms in total. The highest BCUT2D eigenvalue weighted by Gasteiger charge is 2.24. The highest BCUT2D eigenvalue weighted by molar-refractivity contribution is 7.26. The average molecular weight is 658 g/mol. The maximum Gasteiger partial charge on any atom is 0.238 e. The molecule has 0 aliphatic rings. The van der Waals surface area contributed by atoms with Crippen molar-refractivity contribution >= 4 is 81.7 Å². The van der Waals surface area contributed by atoms with Crippen molar-refractivity contribution in [1.29, 1.82) is 0 Å². The molecule has 50 heavy (non-hydrogen) atoms.